The molecule has 0 spiro atoms. The van der Waals surface area contributed by atoms with Crippen LogP contribution in [0.3, 0.4) is 0 Å². The molecule has 0 aliphatic rings. The number of imidazole rings is 1. The Morgan fingerprint density at radius 1 is 1.12 bits per heavy atom. The van der Waals surface area contributed by atoms with Gasteiger partial charge in [0.15, 0.2) is 0 Å². The van der Waals surface area contributed by atoms with Crippen molar-refractivity contribution >= 4 is 12.1 Å². The Morgan fingerprint density at radius 3 is 2.45 bits per heavy atom. The number of hydrogen-bond donors (Lipinski definition) is 2. The molecule has 0 fully saturated rings. The van der Waals surface area contributed by atoms with Gasteiger partial charge in [-0.2, -0.15) is 5.26 Å². The predicted molar refractivity (Wildman–Crippen MR) is 122 cm³/mol. The summed E-state index contributed by atoms with van der Waals surface area (Å²) in [7, 11) is 0. The number of amides is 1. The summed E-state index contributed by atoms with van der Waals surface area (Å²) >= 11 is 0. The van der Waals surface area contributed by atoms with E-state index >= 15 is 0 Å². The van der Waals surface area contributed by atoms with Gasteiger partial charge in [0.1, 0.15) is 24.1 Å². The maximum Gasteiger partial charge on any atom is 0.408 e. The Labute approximate surface area is 192 Å². The van der Waals surface area contributed by atoms with Crippen LogP contribution in [0.15, 0.2) is 60.8 Å². The van der Waals surface area contributed by atoms with E-state index in [1.807, 2.05) is 30.3 Å². The van der Waals surface area contributed by atoms with Gasteiger partial charge in [-0.25, -0.2) is 9.78 Å². The molecule has 0 aliphatic heterocycles. The number of nitriles is 1. The summed E-state index contributed by atoms with van der Waals surface area (Å²) in [5.41, 5.74) is 2.21. The van der Waals surface area contributed by atoms with E-state index < -0.39 is 23.7 Å². The number of esters is 1. The number of H-pyrrole nitrogens is 1. The minimum Gasteiger partial charge on any atom is -0.461 e. The lowest BCUT2D eigenvalue weighted by molar-refractivity contribution is -0.145. The van der Waals surface area contributed by atoms with Crippen molar-refractivity contribution in [3.05, 3.63) is 77.7 Å². The zero-order valence-electron chi connectivity index (χ0n) is 18.8. The molecule has 33 heavy (non-hydrogen) atoms. The second-order valence-electron chi connectivity index (χ2n) is 8.42. The number of carbonyl (C=O) groups is 2. The summed E-state index contributed by atoms with van der Waals surface area (Å²) in [5, 5.41) is 11.7. The number of ether oxygens (including phenoxy) is 2. The molecular weight excluding hydrogens is 420 g/mol. The first-order valence-electron chi connectivity index (χ1n) is 10.5. The van der Waals surface area contributed by atoms with Crippen LogP contribution in [0.5, 0.6) is 0 Å². The van der Waals surface area contributed by atoms with Gasteiger partial charge in [-0.05, 0) is 44.0 Å². The summed E-state index contributed by atoms with van der Waals surface area (Å²) in [6.07, 6.45) is 0.807. The minimum atomic E-state index is -0.782. The van der Waals surface area contributed by atoms with Crippen LogP contribution in [-0.4, -0.2) is 27.6 Å². The zero-order chi connectivity index (χ0) is 23.8. The third kappa shape index (κ3) is 7.21. The fourth-order valence-corrected chi connectivity index (χ4v) is 3.01. The summed E-state index contributed by atoms with van der Waals surface area (Å²) in [6, 6.07) is 17.6. The van der Waals surface area contributed by atoms with E-state index in [-0.39, 0.29) is 13.0 Å². The van der Waals surface area contributed by atoms with Crippen molar-refractivity contribution in [2.24, 2.45) is 0 Å². The summed E-state index contributed by atoms with van der Waals surface area (Å²) in [4.78, 5) is 32.4. The average Bonchev–Trinajstić information content (AvgIpc) is 3.27. The molecular formula is C25H26N4O4. The van der Waals surface area contributed by atoms with Crippen molar-refractivity contribution in [3.63, 3.8) is 0 Å². The van der Waals surface area contributed by atoms with E-state index in [0.717, 1.165) is 11.1 Å². The Bertz CT molecular complexity index is 1130. The molecule has 2 aromatic carbocycles. The predicted octanol–water partition coefficient (Wildman–Crippen LogP) is 4.65. The SMILES string of the molecule is CC(C)(C)OC(=O)NC(CC(=O)OCc1ccccc1)c1ncc(-c2ccc(C#N)cc2)[nH]1. The molecule has 1 atom stereocenters. The van der Waals surface area contributed by atoms with E-state index in [4.69, 9.17) is 14.7 Å². The Balaban J connectivity index is 1.74. The first kappa shape index (κ1) is 23.5. The van der Waals surface area contributed by atoms with Crippen LogP contribution in [0.1, 0.15) is 50.2 Å². The fourth-order valence-electron chi connectivity index (χ4n) is 3.01. The van der Waals surface area contributed by atoms with Crippen LogP contribution in [0.2, 0.25) is 0 Å². The highest BCUT2D eigenvalue weighted by Gasteiger charge is 2.25. The van der Waals surface area contributed by atoms with Crippen LogP contribution >= 0.6 is 0 Å². The van der Waals surface area contributed by atoms with E-state index in [1.54, 1.807) is 51.2 Å². The number of aromatic amines is 1. The molecule has 1 amide bonds. The Kier molecular flexibility index (Phi) is 7.46. The molecule has 0 bridgehead atoms. The van der Waals surface area contributed by atoms with Gasteiger partial charge in [-0.1, -0.05) is 42.5 Å². The number of rotatable bonds is 7. The quantitative estimate of drug-likeness (QED) is 0.510. The van der Waals surface area contributed by atoms with Crippen LogP contribution in [0.25, 0.3) is 11.3 Å². The van der Waals surface area contributed by atoms with E-state index in [9.17, 15) is 9.59 Å². The first-order chi connectivity index (χ1) is 15.7. The van der Waals surface area contributed by atoms with Crippen molar-refractivity contribution in [2.45, 2.75) is 45.4 Å². The maximum atomic E-state index is 12.5. The van der Waals surface area contributed by atoms with Crippen molar-refractivity contribution in [1.82, 2.24) is 15.3 Å². The number of benzene rings is 2. The highest BCUT2D eigenvalue weighted by molar-refractivity contribution is 5.73. The molecule has 0 radical (unpaired) electrons. The number of nitrogens with one attached hydrogen (secondary N) is 2. The summed E-state index contributed by atoms with van der Waals surface area (Å²) < 4.78 is 10.7. The van der Waals surface area contributed by atoms with Crippen LogP contribution in [-0.2, 0) is 20.9 Å². The standard InChI is InChI=1S/C25H26N4O4/c1-25(2,3)33-24(31)29-20(13-22(30)32-16-18-7-5-4-6-8-18)23-27-15-21(28-23)19-11-9-17(14-26)10-12-19/h4-12,15,20H,13,16H2,1-3H3,(H,27,28)(H,29,31). The van der Waals surface area contributed by atoms with Crippen molar-refractivity contribution in [2.75, 3.05) is 0 Å². The topological polar surface area (TPSA) is 117 Å². The van der Waals surface area contributed by atoms with Crippen molar-refractivity contribution < 1.29 is 19.1 Å². The molecule has 8 heteroatoms. The van der Waals surface area contributed by atoms with Gasteiger partial charge >= 0.3 is 12.1 Å². The lowest BCUT2D eigenvalue weighted by Crippen LogP contribution is -2.36. The highest BCUT2D eigenvalue weighted by Crippen LogP contribution is 2.22. The van der Waals surface area contributed by atoms with Crippen LogP contribution < -0.4 is 5.32 Å². The molecule has 0 saturated heterocycles. The van der Waals surface area contributed by atoms with Crippen molar-refractivity contribution in [1.29, 1.82) is 5.26 Å². The van der Waals surface area contributed by atoms with E-state index in [2.05, 4.69) is 21.4 Å². The third-order valence-corrected chi connectivity index (χ3v) is 4.55. The van der Waals surface area contributed by atoms with Gasteiger partial charge in [-0.3, -0.25) is 4.79 Å². The smallest absolute Gasteiger partial charge is 0.408 e. The molecule has 3 rings (SSSR count). The largest absolute Gasteiger partial charge is 0.461 e. The average molecular weight is 447 g/mol. The number of alkyl carbamates (subject to hydrolysis) is 1. The van der Waals surface area contributed by atoms with Crippen LogP contribution in [0.4, 0.5) is 4.79 Å². The molecule has 1 aromatic heterocycles. The van der Waals surface area contributed by atoms with Gasteiger partial charge in [-0.15, -0.1) is 0 Å². The molecule has 0 aliphatic carbocycles. The molecule has 1 heterocycles. The molecule has 2 N–H and O–H groups in total. The van der Waals surface area contributed by atoms with Gasteiger partial charge < -0.3 is 19.8 Å². The lowest BCUT2D eigenvalue weighted by atomic mass is 10.1. The molecule has 1 unspecified atom stereocenters. The van der Waals surface area contributed by atoms with Gasteiger partial charge in [0.25, 0.3) is 0 Å². The fraction of sp³-hybridized carbons (Fsp3) is 0.280. The minimum absolute atomic E-state index is 0.132. The number of aromatic nitrogens is 2. The van der Waals surface area contributed by atoms with Gasteiger partial charge in [0.2, 0.25) is 0 Å². The number of nitrogens with zero attached hydrogens (tertiary/aromatic N) is 2. The number of hydrogen-bond acceptors (Lipinski definition) is 6. The second kappa shape index (κ2) is 10.5. The monoisotopic (exact) mass is 446 g/mol. The third-order valence-electron chi connectivity index (χ3n) is 4.55. The Morgan fingerprint density at radius 2 is 1.82 bits per heavy atom. The second-order valence-corrected chi connectivity index (χ2v) is 8.42. The maximum absolute atomic E-state index is 12.5. The van der Waals surface area contributed by atoms with E-state index in [1.165, 1.54) is 0 Å². The molecule has 3 aromatic rings. The molecule has 8 nitrogen and oxygen atoms in total. The normalized spacial score (nSPS) is 11.8. The van der Waals surface area contributed by atoms with Gasteiger partial charge in [0.05, 0.1) is 29.9 Å². The van der Waals surface area contributed by atoms with Gasteiger partial charge in [0, 0.05) is 0 Å². The summed E-state index contributed by atoms with van der Waals surface area (Å²) in [5.74, 6) is -0.104. The van der Waals surface area contributed by atoms with Crippen LogP contribution in [0, 0.1) is 11.3 Å². The Hall–Kier alpha value is -4.12. The molecule has 0 saturated carbocycles. The molecule has 170 valence electrons. The zero-order valence-corrected chi connectivity index (χ0v) is 18.8. The lowest BCUT2D eigenvalue weighted by Gasteiger charge is -2.22. The highest BCUT2D eigenvalue weighted by atomic mass is 16.6. The van der Waals surface area contributed by atoms with E-state index in [0.29, 0.717) is 17.1 Å². The summed E-state index contributed by atoms with van der Waals surface area (Å²) in [6.45, 7) is 5.40. The van der Waals surface area contributed by atoms with Crippen molar-refractivity contribution in [3.8, 4) is 17.3 Å². The first-order valence-corrected chi connectivity index (χ1v) is 10.5. The number of carbonyl (C=O) groups excluding carboxylic acids is 2.